The molecule has 10 heteroatoms. The maximum absolute atomic E-state index is 12.5. The number of carbonyl (C=O) groups is 1. The lowest BCUT2D eigenvalue weighted by Gasteiger charge is -2.10. The highest BCUT2D eigenvalue weighted by Crippen LogP contribution is 2.29. The molecule has 2 aromatic rings. The summed E-state index contributed by atoms with van der Waals surface area (Å²) in [7, 11) is -3.68. The van der Waals surface area contributed by atoms with E-state index in [1.54, 1.807) is 0 Å². The number of carbonyl (C=O) groups excluding carboxylic acids is 1. The zero-order chi connectivity index (χ0) is 18.0. The molecule has 128 valence electrons. The molecule has 0 bridgehead atoms. The summed E-state index contributed by atoms with van der Waals surface area (Å²) >= 11 is 0. The Morgan fingerprint density at radius 1 is 1.21 bits per heavy atom. The molecule has 6 nitrogen and oxygen atoms in total. The number of anilines is 1. The molecule has 0 aromatic carbocycles. The first-order valence-electron chi connectivity index (χ1n) is 6.67. The van der Waals surface area contributed by atoms with Crippen molar-refractivity contribution in [3.8, 4) is 0 Å². The Balaban J connectivity index is 2.29. The molecule has 2 rings (SSSR count). The van der Waals surface area contributed by atoms with Gasteiger partial charge in [-0.15, -0.1) is 0 Å². The number of hydrogen-bond donors (Lipinski definition) is 1. The largest absolute Gasteiger partial charge is 0.417 e. The van der Waals surface area contributed by atoms with Crippen molar-refractivity contribution in [3.05, 3.63) is 47.9 Å². The number of halogens is 3. The molecule has 0 aliphatic heterocycles. The van der Waals surface area contributed by atoms with Crippen molar-refractivity contribution in [3.63, 3.8) is 0 Å². The number of sulfone groups is 1. The lowest BCUT2D eigenvalue weighted by Crippen LogP contribution is -2.19. The molecule has 0 atom stereocenters. The van der Waals surface area contributed by atoms with Crippen LogP contribution in [-0.2, 0) is 16.0 Å². The number of aromatic nitrogens is 2. The average Bonchev–Trinajstić information content (AvgIpc) is 2.54. The minimum atomic E-state index is -4.54. The first-order valence-corrected chi connectivity index (χ1v) is 8.32. The van der Waals surface area contributed by atoms with E-state index in [1.165, 1.54) is 25.3 Å². The fraction of sp³-hybridized carbons (Fsp3) is 0.214. The second kappa shape index (κ2) is 6.56. The van der Waals surface area contributed by atoms with Crippen molar-refractivity contribution >= 4 is 21.6 Å². The first kappa shape index (κ1) is 17.9. The molecule has 2 aromatic heterocycles. The zero-order valence-corrected chi connectivity index (χ0v) is 13.1. The van der Waals surface area contributed by atoms with E-state index >= 15 is 0 Å². The van der Waals surface area contributed by atoms with Gasteiger partial charge in [-0.05, 0) is 24.3 Å². The minimum absolute atomic E-state index is 0.154. The van der Waals surface area contributed by atoms with Crippen LogP contribution in [0.3, 0.4) is 0 Å². The van der Waals surface area contributed by atoms with E-state index < -0.39 is 27.5 Å². The summed E-state index contributed by atoms with van der Waals surface area (Å²) in [5.74, 6) is -1.26. The third-order valence-corrected chi connectivity index (χ3v) is 4.79. The van der Waals surface area contributed by atoms with Gasteiger partial charge in [0.2, 0.25) is 0 Å². The van der Waals surface area contributed by atoms with Gasteiger partial charge in [0.25, 0.3) is 5.91 Å². The normalized spacial score (nSPS) is 12.0. The molecule has 2 heterocycles. The Morgan fingerprint density at radius 2 is 1.92 bits per heavy atom. The van der Waals surface area contributed by atoms with Crippen LogP contribution in [0.1, 0.15) is 23.0 Å². The predicted molar refractivity (Wildman–Crippen MR) is 79.2 cm³/mol. The fourth-order valence-corrected chi connectivity index (χ4v) is 2.82. The smallest absolute Gasteiger partial charge is 0.305 e. The Morgan fingerprint density at radius 3 is 2.46 bits per heavy atom. The SMILES string of the molecule is CCS(=O)(=O)c1cccnc1C(=O)Nc1ccc(C(F)(F)F)cn1. The number of hydrogen-bond acceptors (Lipinski definition) is 5. The Hall–Kier alpha value is -2.49. The lowest BCUT2D eigenvalue weighted by molar-refractivity contribution is -0.137. The Bertz CT molecular complexity index is 850. The van der Waals surface area contributed by atoms with E-state index in [0.29, 0.717) is 6.20 Å². The second-order valence-electron chi connectivity index (χ2n) is 4.64. The van der Waals surface area contributed by atoms with Gasteiger partial charge in [0.1, 0.15) is 11.5 Å². The summed E-state index contributed by atoms with van der Waals surface area (Å²) in [6.45, 7) is 1.42. The number of nitrogens with one attached hydrogen (secondary N) is 1. The molecule has 0 saturated heterocycles. The van der Waals surface area contributed by atoms with Gasteiger partial charge in [0.15, 0.2) is 9.84 Å². The van der Waals surface area contributed by atoms with Gasteiger partial charge in [-0.25, -0.2) is 18.4 Å². The van der Waals surface area contributed by atoms with E-state index in [0.717, 1.165) is 12.1 Å². The first-order chi connectivity index (χ1) is 11.1. The number of nitrogens with zero attached hydrogens (tertiary/aromatic N) is 2. The molecule has 0 spiro atoms. The average molecular weight is 359 g/mol. The summed E-state index contributed by atoms with van der Waals surface area (Å²) in [6, 6.07) is 4.33. The Kier molecular flexibility index (Phi) is 4.88. The van der Waals surface area contributed by atoms with Crippen LogP contribution in [0, 0.1) is 0 Å². The molecule has 0 unspecified atom stereocenters. The van der Waals surface area contributed by atoms with Crippen LogP contribution in [-0.4, -0.2) is 30.0 Å². The zero-order valence-electron chi connectivity index (χ0n) is 12.3. The number of pyridine rings is 2. The van der Waals surface area contributed by atoms with Gasteiger partial charge in [-0.2, -0.15) is 13.2 Å². The molecule has 0 saturated carbocycles. The monoisotopic (exact) mass is 359 g/mol. The van der Waals surface area contributed by atoms with E-state index in [1.807, 2.05) is 0 Å². The van der Waals surface area contributed by atoms with Crippen molar-refractivity contribution in [2.75, 3.05) is 11.1 Å². The van der Waals surface area contributed by atoms with Crippen LogP contribution in [0.25, 0.3) is 0 Å². The summed E-state index contributed by atoms with van der Waals surface area (Å²) in [4.78, 5) is 19.2. The molecule has 0 fully saturated rings. The van der Waals surface area contributed by atoms with Crippen molar-refractivity contribution in [1.82, 2.24) is 9.97 Å². The van der Waals surface area contributed by atoms with Gasteiger partial charge in [0.05, 0.1) is 16.2 Å². The standard InChI is InChI=1S/C14H12F3N3O3S/c1-2-24(22,23)10-4-3-7-18-12(10)13(21)20-11-6-5-9(8-19-11)14(15,16)17/h3-8H,2H2,1H3,(H,19,20,21). The van der Waals surface area contributed by atoms with Gasteiger partial charge >= 0.3 is 6.18 Å². The molecule has 0 aliphatic rings. The van der Waals surface area contributed by atoms with Crippen LogP contribution in [0.2, 0.25) is 0 Å². The maximum atomic E-state index is 12.5. The van der Waals surface area contributed by atoms with Crippen molar-refractivity contribution in [2.24, 2.45) is 0 Å². The second-order valence-corrected chi connectivity index (χ2v) is 6.88. The maximum Gasteiger partial charge on any atom is 0.417 e. The fourth-order valence-electron chi connectivity index (χ4n) is 1.78. The third-order valence-electron chi connectivity index (χ3n) is 3.03. The highest BCUT2D eigenvalue weighted by atomic mass is 32.2. The van der Waals surface area contributed by atoms with Crippen LogP contribution < -0.4 is 5.32 Å². The molecule has 1 N–H and O–H groups in total. The molecule has 0 aliphatic carbocycles. The van der Waals surface area contributed by atoms with Crippen LogP contribution in [0.15, 0.2) is 41.6 Å². The minimum Gasteiger partial charge on any atom is -0.305 e. The quantitative estimate of drug-likeness (QED) is 0.906. The molecule has 24 heavy (non-hydrogen) atoms. The van der Waals surface area contributed by atoms with Gasteiger partial charge < -0.3 is 5.32 Å². The molecular formula is C14H12F3N3O3S. The third kappa shape index (κ3) is 3.88. The van der Waals surface area contributed by atoms with Crippen LogP contribution in [0.4, 0.5) is 19.0 Å². The van der Waals surface area contributed by atoms with Gasteiger partial charge in [-0.3, -0.25) is 4.79 Å². The summed E-state index contributed by atoms with van der Waals surface area (Å²) in [5, 5.41) is 2.23. The van der Waals surface area contributed by atoms with E-state index in [-0.39, 0.29) is 22.2 Å². The highest BCUT2D eigenvalue weighted by Gasteiger charge is 2.30. The van der Waals surface area contributed by atoms with Gasteiger partial charge in [-0.1, -0.05) is 6.92 Å². The number of amides is 1. The number of alkyl halides is 3. The van der Waals surface area contributed by atoms with Crippen molar-refractivity contribution in [1.29, 1.82) is 0 Å². The predicted octanol–water partition coefficient (Wildman–Crippen LogP) is 2.54. The van der Waals surface area contributed by atoms with Crippen molar-refractivity contribution in [2.45, 2.75) is 18.0 Å². The molecular weight excluding hydrogens is 347 g/mol. The summed E-state index contributed by atoms with van der Waals surface area (Å²) in [6.07, 6.45) is -2.74. The van der Waals surface area contributed by atoms with Crippen molar-refractivity contribution < 1.29 is 26.4 Å². The van der Waals surface area contributed by atoms with Crippen LogP contribution >= 0.6 is 0 Å². The van der Waals surface area contributed by atoms with E-state index in [9.17, 15) is 26.4 Å². The molecule has 0 radical (unpaired) electrons. The van der Waals surface area contributed by atoms with E-state index in [2.05, 4.69) is 15.3 Å². The number of rotatable bonds is 4. The molecule has 1 amide bonds. The summed E-state index contributed by atoms with van der Waals surface area (Å²) in [5.41, 5.74) is -1.31. The Labute approximate surface area is 135 Å². The highest BCUT2D eigenvalue weighted by molar-refractivity contribution is 7.91. The topological polar surface area (TPSA) is 89.0 Å². The van der Waals surface area contributed by atoms with E-state index in [4.69, 9.17) is 0 Å². The summed E-state index contributed by atoms with van der Waals surface area (Å²) < 4.78 is 61.3. The lowest BCUT2D eigenvalue weighted by atomic mass is 10.2. The van der Waals surface area contributed by atoms with Crippen LogP contribution in [0.5, 0.6) is 0 Å². The van der Waals surface area contributed by atoms with Gasteiger partial charge in [0, 0.05) is 12.4 Å².